The topological polar surface area (TPSA) is 49.4 Å². The zero-order valence-electron chi connectivity index (χ0n) is 17.6. The second-order valence-corrected chi connectivity index (χ2v) is 9.37. The van der Waals surface area contributed by atoms with E-state index in [1.165, 1.54) is 0 Å². The van der Waals surface area contributed by atoms with E-state index in [0.29, 0.717) is 27.1 Å². The molecule has 2 rings (SSSR count). The van der Waals surface area contributed by atoms with Crippen LogP contribution in [0.25, 0.3) is 0 Å². The Morgan fingerprint density at radius 3 is 2.07 bits per heavy atom. The minimum atomic E-state index is -0.658. The van der Waals surface area contributed by atoms with Gasteiger partial charge < -0.3 is 10.2 Å². The van der Waals surface area contributed by atoms with Gasteiger partial charge in [0.25, 0.3) is 0 Å². The highest BCUT2D eigenvalue weighted by atomic mass is 35.5. The number of hydrogen-bond acceptors (Lipinski definition) is 2. The van der Waals surface area contributed by atoms with Crippen LogP contribution in [-0.2, 0) is 22.6 Å². The summed E-state index contributed by atoms with van der Waals surface area (Å²) in [5, 5.41) is 4.35. The molecule has 0 heterocycles. The Bertz CT molecular complexity index is 889. The van der Waals surface area contributed by atoms with Crippen molar-refractivity contribution in [1.29, 1.82) is 0 Å². The molecular weight excluding hydrogens is 443 g/mol. The molecule has 1 N–H and O–H groups in total. The average Bonchev–Trinajstić information content (AvgIpc) is 2.64. The van der Waals surface area contributed by atoms with Gasteiger partial charge in [0.1, 0.15) is 6.04 Å². The summed E-state index contributed by atoms with van der Waals surface area (Å²) < 4.78 is 0. The van der Waals surface area contributed by atoms with Gasteiger partial charge in [-0.15, -0.1) is 0 Å². The minimum Gasteiger partial charge on any atom is -0.350 e. The van der Waals surface area contributed by atoms with Crippen molar-refractivity contribution >= 4 is 46.6 Å². The Morgan fingerprint density at radius 1 is 0.967 bits per heavy atom. The number of hydrogen-bond donors (Lipinski definition) is 1. The van der Waals surface area contributed by atoms with Crippen molar-refractivity contribution in [3.05, 3.63) is 68.7 Å². The van der Waals surface area contributed by atoms with Crippen LogP contribution in [0, 0.1) is 0 Å². The lowest BCUT2D eigenvalue weighted by Gasteiger charge is -2.33. The lowest BCUT2D eigenvalue weighted by molar-refractivity contribution is -0.141. The normalized spacial score (nSPS) is 12.4. The van der Waals surface area contributed by atoms with Crippen molar-refractivity contribution in [3.63, 3.8) is 0 Å². The first kappa shape index (κ1) is 24.5. The molecule has 0 saturated carbocycles. The molecule has 0 spiro atoms. The Labute approximate surface area is 193 Å². The molecule has 0 fully saturated rings. The molecule has 0 aliphatic heterocycles. The number of carbonyl (C=O) groups is 2. The highest BCUT2D eigenvalue weighted by molar-refractivity contribution is 6.36. The Hall–Kier alpha value is -1.75. The number of carbonyl (C=O) groups excluding carboxylic acids is 2. The molecule has 7 heteroatoms. The summed E-state index contributed by atoms with van der Waals surface area (Å²) in [6, 6.07) is 11.7. The van der Waals surface area contributed by atoms with Crippen LogP contribution in [0.15, 0.2) is 42.5 Å². The first-order chi connectivity index (χ1) is 14.0. The van der Waals surface area contributed by atoms with E-state index in [4.69, 9.17) is 34.8 Å². The summed E-state index contributed by atoms with van der Waals surface area (Å²) >= 11 is 18.9. The zero-order chi connectivity index (χ0) is 22.5. The maximum Gasteiger partial charge on any atom is 0.243 e. The molecule has 0 radical (unpaired) electrons. The fourth-order valence-corrected chi connectivity index (χ4v) is 3.86. The molecule has 0 aromatic heterocycles. The monoisotopic (exact) mass is 468 g/mol. The summed E-state index contributed by atoms with van der Waals surface area (Å²) in [7, 11) is 0. The third-order valence-corrected chi connectivity index (χ3v) is 5.65. The van der Waals surface area contributed by atoms with E-state index in [1.807, 2.05) is 45.9 Å². The second kappa shape index (κ2) is 10.5. The fraction of sp³-hybridized carbons (Fsp3) is 0.391. The molecule has 30 heavy (non-hydrogen) atoms. The van der Waals surface area contributed by atoms with E-state index in [-0.39, 0.29) is 24.8 Å². The number of amides is 2. The van der Waals surface area contributed by atoms with Gasteiger partial charge in [0.15, 0.2) is 0 Å². The standard InChI is InChI=1S/C23H27Cl3N2O2/c1-5-20(22(30)27-23(2,3)4)28(14-15-9-6-7-10-17(15)24)21(29)13-16-18(25)11-8-12-19(16)26/h6-12,20H,5,13-14H2,1-4H3,(H,27,30)/t20-/m1/s1. The fourth-order valence-electron chi connectivity index (χ4n) is 3.14. The van der Waals surface area contributed by atoms with Crippen molar-refractivity contribution in [2.24, 2.45) is 0 Å². The van der Waals surface area contributed by atoms with Crippen LogP contribution >= 0.6 is 34.8 Å². The van der Waals surface area contributed by atoms with Gasteiger partial charge in [-0.05, 0) is 56.5 Å². The number of rotatable bonds is 7. The van der Waals surface area contributed by atoms with Gasteiger partial charge in [0.05, 0.1) is 6.42 Å². The molecule has 4 nitrogen and oxygen atoms in total. The Kier molecular flexibility index (Phi) is 8.60. The van der Waals surface area contributed by atoms with Crippen molar-refractivity contribution in [1.82, 2.24) is 10.2 Å². The molecule has 0 aliphatic carbocycles. The van der Waals surface area contributed by atoms with E-state index in [1.54, 1.807) is 29.2 Å². The van der Waals surface area contributed by atoms with Gasteiger partial charge >= 0.3 is 0 Å². The third-order valence-electron chi connectivity index (χ3n) is 4.57. The van der Waals surface area contributed by atoms with Crippen LogP contribution in [0.4, 0.5) is 0 Å². The van der Waals surface area contributed by atoms with E-state index in [0.717, 1.165) is 5.56 Å². The zero-order valence-corrected chi connectivity index (χ0v) is 19.9. The maximum atomic E-state index is 13.4. The van der Waals surface area contributed by atoms with E-state index >= 15 is 0 Å². The van der Waals surface area contributed by atoms with Gasteiger partial charge in [-0.25, -0.2) is 0 Å². The largest absolute Gasteiger partial charge is 0.350 e. The predicted octanol–water partition coefficient (Wildman–Crippen LogP) is 5.91. The second-order valence-electron chi connectivity index (χ2n) is 8.15. The molecule has 1 atom stereocenters. The molecule has 0 saturated heterocycles. The number of benzene rings is 2. The van der Waals surface area contributed by atoms with Crippen LogP contribution in [0.2, 0.25) is 15.1 Å². The first-order valence-corrected chi connectivity index (χ1v) is 10.9. The van der Waals surface area contributed by atoms with E-state index in [2.05, 4.69) is 5.32 Å². The molecule has 2 aromatic carbocycles. The molecule has 2 amide bonds. The number of halogens is 3. The highest BCUT2D eigenvalue weighted by Crippen LogP contribution is 2.27. The summed E-state index contributed by atoms with van der Waals surface area (Å²) in [6.07, 6.45) is 0.441. The van der Waals surface area contributed by atoms with Crippen molar-refractivity contribution in [3.8, 4) is 0 Å². The Balaban J connectivity index is 2.40. The number of nitrogens with zero attached hydrogens (tertiary/aromatic N) is 1. The lowest BCUT2D eigenvalue weighted by atomic mass is 10.0. The van der Waals surface area contributed by atoms with Crippen molar-refractivity contribution in [2.75, 3.05) is 0 Å². The van der Waals surface area contributed by atoms with Gasteiger partial charge in [0, 0.05) is 27.2 Å². The van der Waals surface area contributed by atoms with Crippen molar-refractivity contribution in [2.45, 2.75) is 58.7 Å². The minimum absolute atomic E-state index is 0.0116. The average molecular weight is 470 g/mol. The third kappa shape index (κ3) is 6.63. The molecule has 162 valence electrons. The summed E-state index contributed by atoms with van der Waals surface area (Å²) in [5.41, 5.74) is 0.885. The van der Waals surface area contributed by atoms with Crippen LogP contribution in [-0.4, -0.2) is 28.3 Å². The maximum absolute atomic E-state index is 13.4. The van der Waals surface area contributed by atoms with Gasteiger partial charge in [0.2, 0.25) is 11.8 Å². The molecule has 0 aliphatic rings. The first-order valence-electron chi connectivity index (χ1n) is 9.81. The summed E-state index contributed by atoms with van der Waals surface area (Å²) in [4.78, 5) is 28.0. The highest BCUT2D eigenvalue weighted by Gasteiger charge is 2.31. The molecule has 0 unspecified atom stereocenters. The molecule has 0 bridgehead atoms. The quantitative estimate of drug-likeness (QED) is 0.548. The number of nitrogens with one attached hydrogen (secondary N) is 1. The summed E-state index contributed by atoms with van der Waals surface area (Å²) in [5.74, 6) is -0.462. The van der Waals surface area contributed by atoms with E-state index in [9.17, 15) is 9.59 Å². The predicted molar refractivity (Wildman–Crippen MR) is 124 cm³/mol. The van der Waals surface area contributed by atoms with Crippen molar-refractivity contribution < 1.29 is 9.59 Å². The Morgan fingerprint density at radius 2 is 1.53 bits per heavy atom. The van der Waals surface area contributed by atoms with Crippen LogP contribution in [0.1, 0.15) is 45.2 Å². The SMILES string of the molecule is CC[C@H](C(=O)NC(C)(C)C)N(Cc1ccccc1Cl)C(=O)Cc1c(Cl)cccc1Cl. The van der Waals surface area contributed by atoms with Gasteiger partial charge in [-0.1, -0.05) is 66.0 Å². The van der Waals surface area contributed by atoms with Crippen LogP contribution in [0.5, 0.6) is 0 Å². The van der Waals surface area contributed by atoms with Gasteiger partial charge in [-0.2, -0.15) is 0 Å². The van der Waals surface area contributed by atoms with Gasteiger partial charge in [-0.3, -0.25) is 9.59 Å². The molecular formula is C23H27Cl3N2O2. The van der Waals surface area contributed by atoms with Crippen LogP contribution in [0.3, 0.4) is 0 Å². The summed E-state index contributed by atoms with van der Waals surface area (Å²) in [6.45, 7) is 7.79. The van der Waals surface area contributed by atoms with Crippen LogP contribution < -0.4 is 5.32 Å². The van der Waals surface area contributed by atoms with E-state index < -0.39 is 11.6 Å². The smallest absolute Gasteiger partial charge is 0.243 e. The lowest BCUT2D eigenvalue weighted by Crippen LogP contribution is -2.53. The molecule has 2 aromatic rings.